The van der Waals surface area contributed by atoms with E-state index in [0.717, 1.165) is 39.2 Å². The normalized spacial score (nSPS) is 10.9. The third kappa shape index (κ3) is 4.38. The molecule has 6 heteroatoms. The highest BCUT2D eigenvalue weighted by molar-refractivity contribution is 6.00. The van der Waals surface area contributed by atoms with Gasteiger partial charge in [0.05, 0.1) is 17.8 Å². The predicted octanol–water partition coefficient (Wildman–Crippen LogP) is 5.22. The zero-order valence-corrected chi connectivity index (χ0v) is 17.6. The van der Waals surface area contributed by atoms with E-state index in [4.69, 9.17) is 4.74 Å². The van der Waals surface area contributed by atoms with Crippen LogP contribution in [0.15, 0.2) is 66.9 Å². The lowest BCUT2D eigenvalue weighted by Gasteiger charge is -2.12. The molecule has 0 spiro atoms. The maximum absolute atomic E-state index is 11.9. The highest BCUT2D eigenvalue weighted by atomic mass is 16.5. The number of aromatic nitrogens is 2. The average Bonchev–Trinajstić information content (AvgIpc) is 3.14. The minimum atomic E-state index is -0.951. The molecular weight excluding hydrogens is 390 g/mol. The minimum absolute atomic E-state index is 0.255. The summed E-state index contributed by atoms with van der Waals surface area (Å²) in [5.74, 6) is -0.124. The number of ether oxygens (including phenoxy) is 1. The van der Waals surface area contributed by atoms with E-state index in [-0.39, 0.29) is 5.69 Å². The fraction of sp³-hybridized carbons (Fsp3) is 0.200. The number of rotatable bonds is 8. The number of carboxylic acid groups (broad SMARTS) is 1. The molecule has 0 amide bonds. The van der Waals surface area contributed by atoms with Gasteiger partial charge in [0, 0.05) is 35.9 Å². The van der Waals surface area contributed by atoms with Gasteiger partial charge in [-0.25, -0.2) is 4.79 Å². The van der Waals surface area contributed by atoms with Crippen LogP contribution in [0.4, 0.5) is 5.69 Å². The van der Waals surface area contributed by atoms with Crippen molar-refractivity contribution in [1.82, 2.24) is 9.55 Å². The van der Waals surface area contributed by atoms with Gasteiger partial charge in [0.2, 0.25) is 0 Å². The number of benzene rings is 2. The lowest BCUT2D eigenvalue weighted by molar-refractivity contribution is 0.0686. The third-order valence-corrected chi connectivity index (χ3v) is 5.17. The molecule has 4 aromatic rings. The van der Waals surface area contributed by atoms with Crippen molar-refractivity contribution in [3.05, 3.63) is 78.1 Å². The molecule has 0 saturated carbocycles. The van der Waals surface area contributed by atoms with Crippen LogP contribution in [0.2, 0.25) is 0 Å². The van der Waals surface area contributed by atoms with Gasteiger partial charge >= 0.3 is 5.97 Å². The van der Waals surface area contributed by atoms with Gasteiger partial charge in [-0.05, 0) is 56.3 Å². The van der Waals surface area contributed by atoms with Crippen LogP contribution in [0.1, 0.15) is 23.0 Å². The molecule has 31 heavy (non-hydrogen) atoms. The Balaban J connectivity index is 1.61. The van der Waals surface area contributed by atoms with Crippen LogP contribution in [0.3, 0.4) is 0 Å². The highest BCUT2D eigenvalue weighted by Crippen LogP contribution is 2.30. The minimum Gasteiger partial charge on any atom is -0.494 e. The van der Waals surface area contributed by atoms with Crippen molar-refractivity contribution in [2.45, 2.75) is 20.4 Å². The Hall–Kier alpha value is -3.80. The molecule has 0 fully saturated rings. The number of aryl methyl sites for hydroxylation is 1. The Bertz CT molecular complexity index is 1210. The molecule has 4 rings (SSSR count). The number of nitrogens with one attached hydrogen (secondary N) is 1. The number of aromatic carboxylic acids is 1. The number of anilines is 1. The fourth-order valence-corrected chi connectivity index (χ4v) is 3.77. The summed E-state index contributed by atoms with van der Waals surface area (Å²) in [7, 11) is 0. The summed E-state index contributed by atoms with van der Waals surface area (Å²) in [5.41, 5.74) is 4.98. The smallest absolute Gasteiger partial charge is 0.352 e. The molecule has 0 aliphatic carbocycles. The Morgan fingerprint density at radius 2 is 1.94 bits per heavy atom. The van der Waals surface area contributed by atoms with E-state index in [0.29, 0.717) is 19.7 Å². The SMILES string of the molecule is CCOc1ccc(NCCn2c(C(=O)O)cc3c(-c4cccc(C)c4)nccc32)cc1. The molecule has 0 radical (unpaired) electrons. The summed E-state index contributed by atoms with van der Waals surface area (Å²) >= 11 is 0. The van der Waals surface area contributed by atoms with Crippen LogP contribution in [-0.2, 0) is 6.54 Å². The molecule has 2 N–H and O–H groups in total. The summed E-state index contributed by atoms with van der Waals surface area (Å²) in [6.45, 7) is 5.71. The highest BCUT2D eigenvalue weighted by Gasteiger charge is 2.18. The Labute approximate surface area is 181 Å². The molecule has 0 aliphatic rings. The molecule has 0 unspecified atom stereocenters. The number of hydrogen-bond donors (Lipinski definition) is 2. The van der Waals surface area contributed by atoms with Crippen molar-refractivity contribution >= 4 is 22.6 Å². The van der Waals surface area contributed by atoms with Crippen molar-refractivity contribution in [3.63, 3.8) is 0 Å². The van der Waals surface area contributed by atoms with E-state index in [1.807, 2.05) is 66.9 Å². The first-order chi connectivity index (χ1) is 15.1. The largest absolute Gasteiger partial charge is 0.494 e. The molecule has 2 aromatic carbocycles. The lowest BCUT2D eigenvalue weighted by atomic mass is 10.1. The van der Waals surface area contributed by atoms with Gasteiger partial charge in [-0.15, -0.1) is 0 Å². The van der Waals surface area contributed by atoms with E-state index in [9.17, 15) is 9.90 Å². The van der Waals surface area contributed by atoms with Crippen LogP contribution < -0.4 is 10.1 Å². The maximum Gasteiger partial charge on any atom is 0.352 e. The molecular formula is C25H25N3O3. The molecule has 2 aromatic heterocycles. The van der Waals surface area contributed by atoms with Gasteiger partial charge in [-0.3, -0.25) is 4.98 Å². The predicted molar refractivity (Wildman–Crippen MR) is 123 cm³/mol. The summed E-state index contributed by atoms with van der Waals surface area (Å²) in [5, 5.41) is 14.0. The van der Waals surface area contributed by atoms with Gasteiger partial charge < -0.3 is 19.7 Å². The lowest BCUT2D eigenvalue weighted by Crippen LogP contribution is -2.15. The summed E-state index contributed by atoms with van der Waals surface area (Å²) in [4.78, 5) is 16.5. The van der Waals surface area contributed by atoms with E-state index in [1.54, 1.807) is 12.3 Å². The van der Waals surface area contributed by atoms with Gasteiger partial charge in [-0.2, -0.15) is 0 Å². The summed E-state index contributed by atoms with van der Waals surface area (Å²) in [6, 6.07) is 19.4. The molecule has 2 heterocycles. The first kappa shape index (κ1) is 20.5. The number of fused-ring (bicyclic) bond motifs is 1. The Morgan fingerprint density at radius 3 is 2.65 bits per heavy atom. The van der Waals surface area contributed by atoms with Crippen LogP contribution in [-0.4, -0.2) is 33.8 Å². The molecule has 0 atom stereocenters. The summed E-state index contributed by atoms with van der Waals surface area (Å²) < 4.78 is 7.30. The fourth-order valence-electron chi connectivity index (χ4n) is 3.77. The van der Waals surface area contributed by atoms with E-state index in [1.165, 1.54) is 0 Å². The second-order valence-corrected chi connectivity index (χ2v) is 7.33. The van der Waals surface area contributed by atoms with E-state index >= 15 is 0 Å². The van der Waals surface area contributed by atoms with Gasteiger partial charge in [-0.1, -0.05) is 23.8 Å². The first-order valence-corrected chi connectivity index (χ1v) is 10.3. The number of carbonyl (C=O) groups is 1. The van der Waals surface area contributed by atoms with Gasteiger partial charge in [0.15, 0.2) is 0 Å². The van der Waals surface area contributed by atoms with Crippen molar-refractivity contribution in [1.29, 1.82) is 0 Å². The number of hydrogen-bond acceptors (Lipinski definition) is 4. The molecule has 0 saturated heterocycles. The zero-order chi connectivity index (χ0) is 21.8. The van der Waals surface area contributed by atoms with Crippen LogP contribution >= 0.6 is 0 Å². The molecule has 0 bridgehead atoms. The number of carboxylic acids is 1. The van der Waals surface area contributed by atoms with Crippen LogP contribution in [0.5, 0.6) is 5.75 Å². The molecule has 0 aliphatic heterocycles. The van der Waals surface area contributed by atoms with E-state index in [2.05, 4.69) is 16.4 Å². The first-order valence-electron chi connectivity index (χ1n) is 10.3. The molecule has 6 nitrogen and oxygen atoms in total. The topological polar surface area (TPSA) is 76.4 Å². The average molecular weight is 415 g/mol. The third-order valence-electron chi connectivity index (χ3n) is 5.17. The van der Waals surface area contributed by atoms with Gasteiger partial charge in [0.1, 0.15) is 11.4 Å². The summed E-state index contributed by atoms with van der Waals surface area (Å²) in [6.07, 6.45) is 1.74. The second-order valence-electron chi connectivity index (χ2n) is 7.33. The Morgan fingerprint density at radius 1 is 1.13 bits per heavy atom. The Kier molecular flexibility index (Phi) is 5.89. The van der Waals surface area contributed by atoms with Crippen molar-refractivity contribution in [3.8, 4) is 17.0 Å². The standard InChI is InChI=1S/C25H25N3O3/c1-3-31-20-9-7-19(8-10-20)26-13-14-28-22-11-12-27-24(18-6-4-5-17(2)15-18)21(22)16-23(28)25(29)30/h4-12,15-16,26H,3,13-14H2,1-2H3,(H,29,30). The van der Waals surface area contributed by atoms with Gasteiger partial charge in [0.25, 0.3) is 0 Å². The maximum atomic E-state index is 11.9. The number of pyridine rings is 1. The molecule has 158 valence electrons. The van der Waals surface area contributed by atoms with Crippen molar-refractivity contribution in [2.24, 2.45) is 0 Å². The van der Waals surface area contributed by atoms with Crippen molar-refractivity contribution in [2.75, 3.05) is 18.5 Å². The van der Waals surface area contributed by atoms with Crippen molar-refractivity contribution < 1.29 is 14.6 Å². The van der Waals surface area contributed by atoms with Crippen LogP contribution in [0, 0.1) is 6.92 Å². The number of nitrogens with zero attached hydrogens (tertiary/aromatic N) is 2. The monoisotopic (exact) mass is 415 g/mol. The van der Waals surface area contributed by atoms with E-state index < -0.39 is 5.97 Å². The second kappa shape index (κ2) is 8.92. The quantitative estimate of drug-likeness (QED) is 0.413. The van der Waals surface area contributed by atoms with Crippen LogP contribution in [0.25, 0.3) is 22.2 Å². The zero-order valence-electron chi connectivity index (χ0n) is 17.6.